The third kappa shape index (κ3) is 2.34. The number of hydrogen-bond acceptors (Lipinski definition) is 3. The normalized spacial score (nSPS) is 10.1. The zero-order valence-corrected chi connectivity index (χ0v) is 8.13. The van der Waals surface area contributed by atoms with Crippen LogP contribution in [0.15, 0.2) is 0 Å². The molecule has 0 saturated carbocycles. The van der Waals surface area contributed by atoms with Crippen molar-refractivity contribution in [2.45, 2.75) is 13.8 Å². The van der Waals surface area contributed by atoms with Gasteiger partial charge < -0.3 is 4.74 Å². The largest absolute Gasteiger partial charge is 0.476 e. The first-order valence-corrected chi connectivity index (χ1v) is 4.72. The van der Waals surface area contributed by atoms with Gasteiger partial charge in [-0.05, 0) is 13.8 Å². The second-order valence-corrected chi connectivity index (χ2v) is 3.92. The molecule has 0 amide bonds. The van der Waals surface area contributed by atoms with Gasteiger partial charge in [-0.2, -0.15) is 0 Å². The Hall–Kier alpha value is -0.280. The molecule has 0 aliphatic carbocycles. The number of rotatable bonds is 3. The molecule has 0 aliphatic rings. The lowest BCUT2D eigenvalue weighted by Crippen LogP contribution is -1.98. The Bertz CT molecular complexity index is 236. The van der Waals surface area contributed by atoms with Crippen LogP contribution in [-0.2, 0) is 0 Å². The molecule has 2 nitrogen and oxygen atoms in total. The van der Waals surface area contributed by atoms with E-state index in [2.05, 4.69) is 4.98 Å². The Morgan fingerprint density at radius 1 is 1.55 bits per heavy atom. The van der Waals surface area contributed by atoms with Crippen LogP contribution in [0.25, 0.3) is 0 Å². The first-order valence-electron chi connectivity index (χ1n) is 3.37. The quantitative estimate of drug-likeness (QED) is 0.685. The van der Waals surface area contributed by atoms with E-state index in [-0.39, 0.29) is 0 Å². The van der Waals surface area contributed by atoms with Gasteiger partial charge in [0.15, 0.2) is 0 Å². The standard InChI is InChI=1S/C7H10ClNOS/c1-5-7(10-4-3-8)9-6(2)11-5/h3-4H2,1-2H3. The van der Waals surface area contributed by atoms with E-state index in [0.717, 1.165) is 15.8 Å². The van der Waals surface area contributed by atoms with Gasteiger partial charge in [0.1, 0.15) is 6.61 Å². The van der Waals surface area contributed by atoms with Gasteiger partial charge in [-0.15, -0.1) is 22.9 Å². The van der Waals surface area contributed by atoms with E-state index in [1.54, 1.807) is 11.3 Å². The molecule has 0 bridgehead atoms. The topological polar surface area (TPSA) is 22.1 Å². The van der Waals surface area contributed by atoms with Crippen LogP contribution in [0, 0.1) is 13.8 Å². The van der Waals surface area contributed by atoms with Crippen molar-refractivity contribution in [2.24, 2.45) is 0 Å². The van der Waals surface area contributed by atoms with Gasteiger partial charge in [-0.25, -0.2) is 4.98 Å². The molecule has 1 aromatic rings. The lowest BCUT2D eigenvalue weighted by atomic mass is 10.6. The van der Waals surface area contributed by atoms with Crippen molar-refractivity contribution in [3.05, 3.63) is 9.88 Å². The van der Waals surface area contributed by atoms with Crippen molar-refractivity contribution in [3.8, 4) is 5.88 Å². The van der Waals surface area contributed by atoms with E-state index in [0.29, 0.717) is 12.5 Å². The summed E-state index contributed by atoms with van der Waals surface area (Å²) in [5.74, 6) is 1.24. The van der Waals surface area contributed by atoms with E-state index in [9.17, 15) is 0 Å². The molecule has 1 heterocycles. The van der Waals surface area contributed by atoms with Gasteiger partial charge in [0.05, 0.1) is 15.8 Å². The van der Waals surface area contributed by atoms with Crippen molar-refractivity contribution in [1.29, 1.82) is 0 Å². The summed E-state index contributed by atoms with van der Waals surface area (Å²) in [6, 6.07) is 0. The Kier molecular flexibility index (Phi) is 3.15. The van der Waals surface area contributed by atoms with Crippen molar-refractivity contribution >= 4 is 22.9 Å². The maximum atomic E-state index is 5.46. The minimum absolute atomic E-state index is 0.510. The van der Waals surface area contributed by atoms with Gasteiger partial charge in [-0.1, -0.05) is 0 Å². The van der Waals surface area contributed by atoms with Crippen LogP contribution in [0.5, 0.6) is 5.88 Å². The summed E-state index contributed by atoms with van der Waals surface area (Å²) in [5.41, 5.74) is 0. The fourth-order valence-corrected chi connectivity index (χ4v) is 1.62. The van der Waals surface area contributed by atoms with Gasteiger partial charge >= 0.3 is 0 Å². The molecule has 0 N–H and O–H groups in total. The summed E-state index contributed by atoms with van der Waals surface area (Å²) >= 11 is 7.10. The zero-order chi connectivity index (χ0) is 8.27. The number of halogens is 1. The maximum absolute atomic E-state index is 5.46. The minimum atomic E-state index is 0.510. The molecule has 1 aromatic heterocycles. The fraction of sp³-hybridized carbons (Fsp3) is 0.571. The summed E-state index contributed by atoms with van der Waals surface area (Å²) in [4.78, 5) is 5.30. The highest BCUT2D eigenvalue weighted by molar-refractivity contribution is 7.11. The predicted molar refractivity (Wildman–Crippen MR) is 47.8 cm³/mol. The highest BCUT2D eigenvalue weighted by Gasteiger charge is 2.04. The third-order valence-corrected chi connectivity index (χ3v) is 2.20. The lowest BCUT2D eigenvalue weighted by molar-refractivity contribution is 0.329. The number of thiazole rings is 1. The van der Waals surface area contributed by atoms with Gasteiger partial charge in [-0.3, -0.25) is 0 Å². The number of alkyl halides is 1. The minimum Gasteiger partial charge on any atom is -0.476 e. The van der Waals surface area contributed by atoms with Crippen LogP contribution in [0.2, 0.25) is 0 Å². The molecular formula is C7H10ClNOS. The summed E-state index contributed by atoms with van der Waals surface area (Å²) in [6.45, 7) is 4.49. The first kappa shape index (κ1) is 8.81. The summed E-state index contributed by atoms with van der Waals surface area (Å²) in [5, 5.41) is 1.03. The molecule has 0 fully saturated rings. The predicted octanol–water partition coefficient (Wildman–Crippen LogP) is 2.38. The number of hydrogen-bond donors (Lipinski definition) is 0. The van der Waals surface area contributed by atoms with E-state index in [1.807, 2.05) is 13.8 Å². The molecule has 0 unspecified atom stereocenters. The average Bonchev–Trinajstić information content (AvgIpc) is 2.26. The van der Waals surface area contributed by atoms with Crippen LogP contribution in [-0.4, -0.2) is 17.5 Å². The smallest absolute Gasteiger partial charge is 0.227 e. The van der Waals surface area contributed by atoms with Crippen LogP contribution in [0.1, 0.15) is 9.88 Å². The molecule has 62 valence electrons. The summed E-state index contributed by atoms with van der Waals surface area (Å²) in [6.07, 6.45) is 0. The van der Waals surface area contributed by atoms with E-state index in [1.165, 1.54) is 0 Å². The number of nitrogens with zero attached hydrogens (tertiary/aromatic N) is 1. The Labute approximate surface area is 75.2 Å². The molecule has 0 atom stereocenters. The number of ether oxygens (including phenoxy) is 1. The Balaban J connectivity index is 2.62. The highest BCUT2D eigenvalue weighted by Crippen LogP contribution is 2.22. The molecule has 0 spiro atoms. The molecule has 0 aliphatic heterocycles. The maximum Gasteiger partial charge on any atom is 0.227 e. The van der Waals surface area contributed by atoms with Crippen LogP contribution >= 0.6 is 22.9 Å². The SMILES string of the molecule is Cc1nc(OCCCl)c(C)s1. The second kappa shape index (κ2) is 3.93. The molecule has 0 radical (unpaired) electrons. The average molecular weight is 192 g/mol. The van der Waals surface area contributed by atoms with E-state index < -0.39 is 0 Å². The molecule has 1 rings (SSSR count). The van der Waals surface area contributed by atoms with Gasteiger partial charge in [0.2, 0.25) is 5.88 Å². The summed E-state index contributed by atoms with van der Waals surface area (Å²) < 4.78 is 5.27. The van der Waals surface area contributed by atoms with Crippen molar-refractivity contribution in [3.63, 3.8) is 0 Å². The van der Waals surface area contributed by atoms with Crippen molar-refractivity contribution in [1.82, 2.24) is 4.98 Å². The fourth-order valence-electron chi connectivity index (χ4n) is 0.779. The van der Waals surface area contributed by atoms with Crippen LogP contribution < -0.4 is 4.74 Å². The second-order valence-electron chi connectivity index (χ2n) is 2.13. The Morgan fingerprint density at radius 2 is 2.27 bits per heavy atom. The molecule has 4 heteroatoms. The Morgan fingerprint density at radius 3 is 2.73 bits per heavy atom. The number of aryl methyl sites for hydroxylation is 2. The summed E-state index contributed by atoms with van der Waals surface area (Å²) in [7, 11) is 0. The van der Waals surface area contributed by atoms with E-state index in [4.69, 9.17) is 16.3 Å². The zero-order valence-electron chi connectivity index (χ0n) is 6.56. The monoisotopic (exact) mass is 191 g/mol. The van der Waals surface area contributed by atoms with Crippen molar-refractivity contribution in [2.75, 3.05) is 12.5 Å². The van der Waals surface area contributed by atoms with Crippen LogP contribution in [0.4, 0.5) is 0 Å². The lowest BCUT2D eigenvalue weighted by Gasteiger charge is -1.98. The molecule has 11 heavy (non-hydrogen) atoms. The molecule has 0 saturated heterocycles. The number of aromatic nitrogens is 1. The van der Waals surface area contributed by atoms with Gasteiger partial charge in [0, 0.05) is 0 Å². The van der Waals surface area contributed by atoms with Gasteiger partial charge in [0.25, 0.3) is 0 Å². The van der Waals surface area contributed by atoms with Crippen molar-refractivity contribution < 1.29 is 4.74 Å². The first-order chi connectivity index (χ1) is 5.24. The van der Waals surface area contributed by atoms with Crippen LogP contribution in [0.3, 0.4) is 0 Å². The molecule has 0 aromatic carbocycles. The highest BCUT2D eigenvalue weighted by atomic mass is 35.5. The third-order valence-electron chi connectivity index (χ3n) is 1.18. The van der Waals surface area contributed by atoms with E-state index >= 15 is 0 Å². The molecular weight excluding hydrogens is 182 g/mol.